The van der Waals surface area contributed by atoms with Crippen LogP contribution in [0.1, 0.15) is 185 Å². The van der Waals surface area contributed by atoms with Crippen molar-refractivity contribution in [2.24, 2.45) is 35.5 Å². The van der Waals surface area contributed by atoms with Crippen LogP contribution >= 0.6 is 0 Å². The standard InChI is InChI=1S/C55H71N4O6.Mg/c1-12-38-35(8)42-27-43-36(9)40(23-24-48(61)65-26-25-34(7)22-16-21-33(6)20-15-19-32(5)18-14-17-31(3)4)52(58-43)50-51(55(63)64-11)54(62)49-37(10)44(59-53(49)50)28-46-39(13-2)41(30-60)47(57-46)29-45(38)56-42;/h12,25,27-33,36,40,51H,1,13-24,26H2,2-11H3,(H-,58,59,60,62);/q-3;+2/p-1/b34-25+,43-27-,47-29-;/t32-,33+,36+,40+,51-;/m1./s1. The molecule has 11 heteroatoms. The molecular weight excluding hydrogens is 837 g/mol. The van der Waals surface area contributed by atoms with Crippen molar-refractivity contribution in [2.75, 3.05) is 13.7 Å². The van der Waals surface area contributed by atoms with Gasteiger partial charge in [0.2, 0.25) is 0 Å². The zero-order valence-corrected chi connectivity index (χ0v) is 42.7. The topological polar surface area (TPSA) is 143 Å². The first-order valence-electron chi connectivity index (χ1n) is 24.0. The Morgan fingerprint density at radius 1 is 0.848 bits per heavy atom. The van der Waals surface area contributed by atoms with E-state index in [-0.39, 0.29) is 53.9 Å². The average molecular weight is 907 g/mol. The molecule has 0 unspecified atom stereocenters. The monoisotopic (exact) mass is 907 g/mol. The summed E-state index contributed by atoms with van der Waals surface area (Å²) in [5, 5.41) is 6.26. The van der Waals surface area contributed by atoms with Crippen LogP contribution in [0, 0.1) is 49.4 Å². The van der Waals surface area contributed by atoms with Crippen LogP contribution in [0.15, 0.2) is 29.6 Å². The van der Waals surface area contributed by atoms with E-state index in [9.17, 15) is 19.2 Å². The van der Waals surface area contributed by atoms with Gasteiger partial charge in [0.1, 0.15) is 18.8 Å². The molecule has 0 aromatic carbocycles. The molecule has 0 radical (unpaired) electrons. The summed E-state index contributed by atoms with van der Waals surface area (Å²) >= 11 is 0. The third-order valence-electron chi connectivity index (χ3n) is 14.1. The quantitative estimate of drug-likeness (QED) is 0.0336. The van der Waals surface area contributed by atoms with Crippen LogP contribution in [-0.2, 0) is 25.5 Å². The summed E-state index contributed by atoms with van der Waals surface area (Å²) in [5.41, 5.74) is 8.86. The van der Waals surface area contributed by atoms with Crippen molar-refractivity contribution < 1.29 is 28.7 Å². The van der Waals surface area contributed by atoms with Gasteiger partial charge in [-0.15, -0.1) is 33.5 Å². The summed E-state index contributed by atoms with van der Waals surface area (Å²) in [6.07, 6.45) is 22.3. The van der Waals surface area contributed by atoms with E-state index in [1.165, 1.54) is 57.6 Å². The Morgan fingerprint density at radius 2 is 1.50 bits per heavy atom. The number of nitrogens with zero attached hydrogens (tertiary/aromatic N) is 4. The predicted molar refractivity (Wildman–Crippen MR) is 265 cm³/mol. The molecule has 6 rings (SSSR count). The van der Waals surface area contributed by atoms with Gasteiger partial charge in [-0.25, -0.2) is 0 Å². The summed E-state index contributed by atoms with van der Waals surface area (Å²) in [6, 6.07) is 0. The van der Waals surface area contributed by atoms with Crippen molar-refractivity contribution >= 4 is 76.9 Å². The molecule has 1 aliphatic carbocycles. The van der Waals surface area contributed by atoms with E-state index in [0.717, 1.165) is 47.7 Å². The van der Waals surface area contributed by atoms with Crippen molar-refractivity contribution in [3.05, 3.63) is 102 Å². The van der Waals surface area contributed by atoms with E-state index in [0.29, 0.717) is 85.9 Å². The first-order valence-corrected chi connectivity index (χ1v) is 24.0. The smallest absolute Gasteiger partial charge is 0.664 e. The number of ketones is 1. The first kappa shape index (κ1) is 52.4. The minimum Gasteiger partial charge on any atom is -0.664 e. The number of esters is 2. The third kappa shape index (κ3) is 11.6. The van der Waals surface area contributed by atoms with Crippen LogP contribution in [0.5, 0.6) is 0 Å². The maximum Gasteiger partial charge on any atom is 2.00 e. The van der Waals surface area contributed by atoms with E-state index < -0.39 is 17.7 Å². The first-order chi connectivity index (χ1) is 31.1. The molecule has 3 aromatic heterocycles. The number of rotatable bonds is 21. The van der Waals surface area contributed by atoms with E-state index in [2.05, 4.69) is 41.2 Å². The number of aromatic nitrogens is 3. The second-order valence-corrected chi connectivity index (χ2v) is 19.3. The van der Waals surface area contributed by atoms with Crippen molar-refractivity contribution in [2.45, 2.75) is 139 Å². The van der Waals surface area contributed by atoms with E-state index in [4.69, 9.17) is 29.7 Å². The van der Waals surface area contributed by atoms with Gasteiger partial charge in [-0.2, -0.15) is 11.4 Å². The van der Waals surface area contributed by atoms with Gasteiger partial charge >= 0.3 is 35.0 Å². The molecular formula is C55H70MgN4O6-2. The Kier molecular flexibility index (Phi) is 18.6. The van der Waals surface area contributed by atoms with Crippen molar-refractivity contribution in [1.82, 2.24) is 15.0 Å². The van der Waals surface area contributed by atoms with Crippen LogP contribution < -0.4 is 25.7 Å². The number of aldehydes is 1. The fourth-order valence-electron chi connectivity index (χ4n) is 10.0. The minimum absolute atomic E-state index is 0. The fraction of sp³-hybridized carbons (Fsp3) is 0.527. The van der Waals surface area contributed by atoms with Gasteiger partial charge in [0.05, 0.1) is 7.11 Å². The molecule has 1 saturated heterocycles. The van der Waals surface area contributed by atoms with E-state index in [1.54, 1.807) is 12.2 Å². The second kappa shape index (κ2) is 23.4. The molecule has 10 nitrogen and oxygen atoms in total. The van der Waals surface area contributed by atoms with Crippen molar-refractivity contribution in [3.8, 4) is 0 Å². The second-order valence-electron chi connectivity index (χ2n) is 19.3. The van der Waals surface area contributed by atoms with Gasteiger partial charge in [-0.1, -0.05) is 145 Å². The molecule has 0 saturated carbocycles. The zero-order chi connectivity index (χ0) is 47.1. The number of hydrogen-bond acceptors (Lipinski definition) is 6. The van der Waals surface area contributed by atoms with Crippen LogP contribution in [0.3, 0.4) is 0 Å². The average Bonchev–Trinajstić information content (AvgIpc) is 4.02. The maximum absolute atomic E-state index is 14.4. The summed E-state index contributed by atoms with van der Waals surface area (Å²) in [6.45, 7) is 23.5. The summed E-state index contributed by atoms with van der Waals surface area (Å²) in [7, 11) is 1.27. The number of methoxy groups -OCH3 is 1. The number of carbonyl (C=O) groups is 4. The summed E-state index contributed by atoms with van der Waals surface area (Å²) in [5.74, 6) is -0.983. The van der Waals surface area contributed by atoms with Crippen LogP contribution in [0.2, 0.25) is 0 Å². The molecule has 350 valence electrons. The molecule has 0 N–H and O–H groups in total. The van der Waals surface area contributed by atoms with Gasteiger partial charge in [-0.3, -0.25) is 19.2 Å². The molecule has 1 fully saturated rings. The molecule has 5 heterocycles. The fourth-order valence-corrected chi connectivity index (χ4v) is 10.0. The Bertz CT molecular complexity index is 2510. The van der Waals surface area contributed by atoms with Crippen LogP contribution in [0.4, 0.5) is 0 Å². The molecule has 2 aliphatic heterocycles. The number of allylic oxidation sites excluding steroid dienone is 3. The number of hydrogen-bond donors (Lipinski definition) is 0. The molecule has 66 heavy (non-hydrogen) atoms. The van der Waals surface area contributed by atoms with Gasteiger partial charge in [0, 0.05) is 17.5 Å². The number of carbonyl (C=O) groups excluding carboxylic acids is 4. The van der Waals surface area contributed by atoms with Gasteiger partial charge < -0.3 is 29.7 Å². The SMILES string of the molecule is C=Cc1c2[n-]c(c1C)/C=C1\[N-]/C(=C3\c4[n-]c(c(C)c4C(=O)[C@@H]3C(=O)OC)/C=c3/[n-]/c(c(C=O)c3CC)=C\2)[C@@H](CCC(=O)OC/C=C(\C)CCC[C@@H](C)CCC[C@H](C)CCCC(C)C)[C@@H]1C.[Mg+2]. The maximum atomic E-state index is 14.4. The van der Waals surface area contributed by atoms with Crippen LogP contribution in [0.25, 0.3) is 35.2 Å². The number of ether oxygens (including phenoxy) is 2. The Labute approximate surface area is 408 Å². The molecule has 8 bridgehead atoms. The number of Topliss-reactive ketones (excluding diaryl/α,β-unsaturated/α-hetero) is 1. The van der Waals surface area contributed by atoms with Crippen molar-refractivity contribution in [3.63, 3.8) is 0 Å². The van der Waals surface area contributed by atoms with Gasteiger partial charge in [0.15, 0.2) is 5.78 Å². The van der Waals surface area contributed by atoms with E-state index >= 15 is 0 Å². The normalized spacial score (nSPS) is 21.4. The molecule has 0 spiro atoms. The summed E-state index contributed by atoms with van der Waals surface area (Å²) in [4.78, 5) is 68.9. The zero-order valence-electron chi connectivity index (χ0n) is 41.3. The minimum atomic E-state index is -1.27. The molecule has 3 aromatic rings. The Balaban J connectivity index is 0.00000817. The Morgan fingerprint density at radius 3 is 2.14 bits per heavy atom. The van der Waals surface area contributed by atoms with Crippen LogP contribution in [-0.4, -0.2) is 60.8 Å². The molecule has 0 amide bonds. The van der Waals surface area contributed by atoms with Gasteiger partial charge in [0.25, 0.3) is 0 Å². The molecule has 3 aliphatic rings. The van der Waals surface area contributed by atoms with Crippen molar-refractivity contribution in [1.29, 1.82) is 0 Å². The van der Waals surface area contributed by atoms with Gasteiger partial charge in [-0.05, 0) is 87.7 Å². The molecule has 5 atom stereocenters. The number of fused-ring (bicyclic) bond motifs is 7. The summed E-state index contributed by atoms with van der Waals surface area (Å²) < 4.78 is 11.0. The Hall–Kier alpha value is -4.61. The predicted octanol–water partition coefficient (Wildman–Crippen LogP) is 9.87. The largest absolute Gasteiger partial charge is 2.00 e. The third-order valence-corrected chi connectivity index (χ3v) is 14.1. The van der Waals surface area contributed by atoms with E-state index in [1.807, 2.05) is 45.9 Å².